The molecule has 1 aromatic rings. The van der Waals surface area contributed by atoms with E-state index in [9.17, 15) is 0 Å². The van der Waals surface area contributed by atoms with Crippen LogP contribution in [0.15, 0.2) is 6.07 Å². The van der Waals surface area contributed by atoms with Gasteiger partial charge in [0.15, 0.2) is 0 Å². The van der Waals surface area contributed by atoms with Crippen molar-refractivity contribution < 1.29 is 0 Å². The number of hydrogen-bond acceptors (Lipinski definition) is 3. The fourth-order valence-corrected chi connectivity index (χ4v) is 2.06. The van der Waals surface area contributed by atoms with Gasteiger partial charge in [0.1, 0.15) is 5.82 Å². The van der Waals surface area contributed by atoms with Crippen LogP contribution in [0.3, 0.4) is 0 Å². The summed E-state index contributed by atoms with van der Waals surface area (Å²) < 4.78 is 0. The summed E-state index contributed by atoms with van der Waals surface area (Å²) in [6, 6.07) is 2.14. The number of hydrogen-bond donors (Lipinski definition) is 1. The van der Waals surface area contributed by atoms with Crippen LogP contribution in [0.1, 0.15) is 49.3 Å². The average Bonchev–Trinajstić information content (AvgIpc) is 2.13. The largest absolute Gasteiger partial charge is 0.330 e. The summed E-state index contributed by atoms with van der Waals surface area (Å²) in [5.41, 5.74) is 7.98. The molecule has 0 bridgehead atoms. The van der Waals surface area contributed by atoms with Crippen LogP contribution in [0.25, 0.3) is 0 Å². The van der Waals surface area contributed by atoms with Gasteiger partial charge in [0.25, 0.3) is 0 Å². The van der Waals surface area contributed by atoms with Gasteiger partial charge in [-0.3, -0.25) is 0 Å². The smallest absolute Gasteiger partial charge is 0.129 e. The Balaban J connectivity index is 2.14. The van der Waals surface area contributed by atoms with E-state index in [1.54, 1.807) is 0 Å². The Morgan fingerprint density at radius 3 is 2.75 bits per heavy atom. The van der Waals surface area contributed by atoms with Crippen LogP contribution in [-0.4, -0.2) is 16.5 Å². The standard InChI is InChI=1S/C13H21N3/c1-9(8-14)6-13-15-10(2)7-12(16-13)11-4-3-5-11/h7,9,11H,3-6,8,14H2,1-2H3. The molecule has 1 aliphatic rings. The third kappa shape index (κ3) is 2.59. The molecule has 1 aromatic heterocycles. The summed E-state index contributed by atoms with van der Waals surface area (Å²) in [6.07, 6.45) is 4.84. The van der Waals surface area contributed by atoms with E-state index in [-0.39, 0.29) is 0 Å². The Hall–Kier alpha value is -0.960. The highest BCUT2D eigenvalue weighted by Crippen LogP contribution is 2.35. The first kappa shape index (κ1) is 11.5. The molecule has 1 fully saturated rings. The molecule has 3 heteroatoms. The number of rotatable bonds is 4. The molecule has 16 heavy (non-hydrogen) atoms. The second-order valence-electron chi connectivity index (χ2n) is 5.02. The molecule has 0 spiro atoms. The molecule has 1 aliphatic carbocycles. The lowest BCUT2D eigenvalue weighted by atomic mass is 9.82. The maximum atomic E-state index is 5.64. The average molecular weight is 219 g/mol. The molecule has 0 aliphatic heterocycles. The van der Waals surface area contributed by atoms with Gasteiger partial charge in [0, 0.05) is 23.7 Å². The quantitative estimate of drug-likeness (QED) is 0.844. The Morgan fingerprint density at radius 2 is 2.19 bits per heavy atom. The predicted octanol–water partition coefficient (Wildman–Crippen LogP) is 2.19. The lowest BCUT2D eigenvalue weighted by Crippen LogP contribution is -2.17. The Morgan fingerprint density at radius 1 is 1.44 bits per heavy atom. The predicted molar refractivity (Wildman–Crippen MR) is 65.3 cm³/mol. The molecular formula is C13H21N3. The van der Waals surface area contributed by atoms with Crippen molar-refractivity contribution in [2.75, 3.05) is 6.54 Å². The normalized spacial score (nSPS) is 18.2. The Kier molecular flexibility index (Phi) is 3.54. The van der Waals surface area contributed by atoms with Crippen LogP contribution in [0, 0.1) is 12.8 Å². The van der Waals surface area contributed by atoms with E-state index in [4.69, 9.17) is 5.73 Å². The second kappa shape index (κ2) is 4.91. The lowest BCUT2D eigenvalue weighted by Gasteiger charge is -2.25. The summed E-state index contributed by atoms with van der Waals surface area (Å²) in [6.45, 7) is 4.91. The van der Waals surface area contributed by atoms with Crippen LogP contribution in [0.2, 0.25) is 0 Å². The molecule has 1 saturated carbocycles. The molecule has 0 aromatic carbocycles. The van der Waals surface area contributed by atoms with Crippen molar-refractivity contribution in [1.29, 1.82) is 0 Å². The van der Waals surface area contributed by atoms with Crippen LogP contribution in [0.4, 0.5) is 0 Å². The van der Waals surface area contributed by atoms with Crippen LogP contribution in [0.5, 0.6) is 0 Å². The van der Waals surface area contributed by atoms with Gasteiger partial charge in [-0.05, 0) is 38.3 Å². The van der Waals surface area contributed by atoms with E-state index in [0.29, 0.717) is 18.4 Å². The fourth-order valence-electron chi connectivity index (χ4n) is 2.06. The van der Waals surface area contributed by atoms with Crippen molar-refractivity contribution in [3.63, 3.8) is 0 Å². The molecule has 1 heterocycles. The minimum absolute atomic E-state index is 0.469. The topological polar surface area (TPSA) is 51.8 Å². The molecule has 1 atom stereocenters. The van der Waals surface area contributed by atoms with Gasteiger partial charge in [0.2, 0.25) is 0 Å². The lowest BCUT2D eigenvalue weighted by molar-refractivity contribution is 0.408. The van der Waals surface area contributed by atoms with Crippen LogP contribution >= 0.6 is 0 Å². The highest BCUT2D eigenvalue weighted by atomic mass is 14.9. The molecule has 0 radical (unpaired) electrons. The molecule has 0 saturated heterocycles. The van der Waals surface area contributed by atoms with Gasteiger partial charge in [-0.15, -0.1) is 0 Å². The third-order valence-corrected chi connectivity index (χ3v) is 3.38. The van der Waals surface area contributed by atoms with E-state index in [1.807, 2.05) is 0 Å². The van der Waals surface area contributed by atoms with E-state index >= 15 is 0 Å². The summed E-state index contributed by atoms with van der Waals surface area (Å²) >= 11 is 0. The zero-order valence-electron chi connectivity index (χ0n) is 10.2. The molecule has 2 rings (SSSR count). The van der Waals surface area contributed by atoms with Gasteiger partial charge < -0.3 is 5.73 Å². The zero-order chi connectivity index (χ0) is 11.5. The summed E-state index contributed by atoms with van der Waals surface area (Å²) in [4.78, 5) is 9.17. The maximum absolute atomic E-state index is 5.64. The van der Waals surface area contributed by atoms with E-state index < -0.39 is 0 Å². The molecule has 2 N–H and O–H groups in total. The highest BCUT2D eigenvalue weighted by molar-refractivity contribution is 5.16. The number of nitrogens with two attached hydrogens (primary N) is 1. The van der Waals surface area contributed by atoms with Crippen molar-refractivity contribution in [1.82, 2.24) is 9.97 Å². The van der Waals surface area contributed by atoms with Crippen molar-refractivity contribution in [3.8, 4) is 0 Å². The number of aryl methyl sites for hydroxylation is 1. The van der Waals surface area contributed by atoms with Crippen molar-refractivity contribution in [2.45, 2.75) is 45.4 Å². The van der Waals surface area contributed by atoms with Gasteiger partial charge in [-0.1, -0.05) is 13.3 Å². The van der Waals surface area contributed by atoms with Crippen molar-refractivity contribution in [3.05, 3.63) is 23.3 Å². The minimum atomic E-state index is 0.469. The number of nitrogens with zero attached hydrogens (tertiary/aromatic N) is 2. The molecule has 0 amide bonds. The molecule has 3 nitrogen and oxygen atoms in total. The number of aromatic nitrogens is 2. The summed E-state index contributed by atoms with van der Waals surface area (Å²) in [5, 5.41) is 0. The van der Waals surface area contributed by atoms with Gasteiger partial charge in [0.05, 0.1) is 0 Å². The van der Waals surface area contributed by atoms with Gasteiger partial charge in [-0.25, -0.2) is 9.97 Å². The van der Waals surface area contributed by atoms with Gasteiger partial charge in [-0.2, -0.15) is 0 Å². The fraction of sp³-hybridized carbons (Fsp3) is 0.692. The Bertz CT molecular complexity index is 358. The first-order valence-electron chi connectivity index (χ1n) is 6.23. The second-order valence-corrected chi connectivity index (χ2v) is 5.02. The maximum Gasteiger partial charge on any atom is 0.129 e. The summed E-state index contributed by atoms with van der Waals surface area (Å²) in [7, 11) is 0. The summed E-state index contributed by atoms with van der Waals surface area (Å²) in [5.74, 6) is 2.13. The first-order chi connectivity index (χ1) is 7.69. The SMILES string of the molecule is Cc1cc(C2CCC2)nc(CC(C)CN)n1. The first-order valence-corrected chi connectivity index (χ1v) is 6.23. The molecular weight excluding hydrogens is 198 g/mol. The van der Waals surface area contributed by atoms with Crippen LogP contribution in [-0.2, 0) is 6.42 Å². The Labute approximate surface area is 97.5 Å². The van der Waals surface area contributed by atoms with E-state index in [1.165, 1.54) is 25.0 Å². The van der Waals surface area contributed by atoms with Crippen LogP contribution < -0.4 is 5.73 Å². The van der Waals surface area contributed by atoms with Gasteiger partial charge >= 0.3 is 0 Å². The monoisotopic (exact) mass is 219 g/mol. The molecule has 1 unspecified atom stereocenters. The highest BCUT2D eigenvalue weighted by Gasteiger charge is 2.21. The van der Waals surface area contributed by atoms with Crippen molar-refractivity contribution in [2.24, 2.45) is 11.7 Å². The zero-order valence-corrected chi connectivity index (χ0v) is 10.2. The third-order valence-electron chi connectivity index (χ3n) is 3.38. The molecule has 88 valence electrons. The van der Waals surface area contributed by atoms with Crippen molar-refractivity contribution >= 4 is 0 Å². The van der Waals surface area contributed by atoms with E-state index in [0.717, 1.165) is 17.9 Å². The minimum Gasteiger partial charge on any atom is -0.330 e. The van der Waals surface area contributed by atoms with E-state index in [2.05, 4.69) is 29.9 Å².